The first-order valence-electron chi connectivity index (χ1n) is 7.36. The molecule has 0 aliphatic heterocycles. The van der Waals surface area contributed by atoms with Crippen LogP contribution in [-0.4, -0.2) is 17.4 Å². The molecule has 0 saturated heterocycles. The number of nitrogens with one attached hydrogen (secondary N) is 2. The van der Waals surface area contributed by atoms with Crippen LogP contribution in [0.2, 0.25) is 0 Å². The zero-order chi connectivity index (χ0) is 17.4. The number of hydrogen-bond donors (Lipinski definition) is 2. The van der Waals surface area contributed by atoms with Gasteiger partial charge in [-0.2, -0.15) is 11.8 Å². The Kier molecular flexibility index (Phi) is 7.39. The van der Waals surface area contributed by atoms with Gasteiger partial charge in [-0.05, 0) is 54.2 Å². The first-order chi connectivity index (χ1) is 11.5. The van der Waals surface area contributed by atoms with Crippen LogP contribution in [0.4, 0.5) is 18.9 Å². The first kappa shape index (κ1) is 18.6. The lowest BCUT2D eigenvalue weighted by Gasteiger charge is -2.11. The minimum Gasteiger partial charge on any atom is -0.362 e. The van der Waals surface area contributed by atoms with Crippen LogP contribution in [0.3, 0.4) is 0 Å². The maximum atomic E-state index is 13.5. The number of benzene rings is 2. The number of thioether (sulfide) groups is 1. The molecule has 0 radical (unpaired) electrons. The molecule has 0 spiro atoms. The zero-order valence-corrected chi connectivity index (χ0v) is 14.5. The van der Waals surface area contributed by atoms with E-state index < -0.39 is 11.6 Å². The molecule has 2 rings (SSSR count). The molecule has 0 amide bonds. The van der Waals surface area contributed by atoms with Crippen molar-refractivity contribution in [2.45, 2.75) is 12.2 Å². The molecule has 7 heteroatoms. The molecule has 2 N–H and O–H groups in total. The van der Waals surface area contributed by atoms with Crippen LogP contribution >= 0.6 is 24.0 Å². The monoisotopic (exact) mass is 370 g/mol. The summed E-state index contributed by atoms with van der Waals surface area (Å²) in [5.74, 6) is 0.192. The van der Waals surface area contributed by atoms with Crippen LogP contribution in [0.5, 0.6) is 0 Å². The van der Waals surface area contributed by atoms with Crippen molar-refractivity contribution in [3.05, 3.63) is 65.5 Å². The highest BCUT2D eigenvalue weighted by molar-refractivity contribution is 7.98. The van der Waals surface area contributed by atoms with Crippen LogP contribution in [-0.2, 0) is 5.75 Å². The van der Waals surface area contributed by atoms with Crippen molar-refractivity contribution in [3.8, 4) is 0 Å². The summed E-state index contributed by atoms with van der Waals surface area (Å²) in [7, 11) is 0. The Morgan fingerprint density at radius 3 is 2.42 bits per heavy atom. The molecule has 0 heterocycles. The standard InChI is InChI=1S/C17H17F3N2S2/c18-13-4-2-12(3-5-13)11-24-9-1-8-21-17(23)22-16-7-6-14(19)10-15(16)20/h2-7,10H,1,8-9,11H2,(H2,21,22,23). The van der Waals surface area contributed by atoms with Crippen LogP contribution in [0.1, 0.15) is 12.0 Å². The van der Waals surface area contributed by atoms with Gasteiger partial charge in [0.05, 0.1) is 5.69 Å². The molecule has 0 fully saturated rings. The topological polar surface area (TPSA) is 24.1 Å². The molecule has 2 nitrogen and oxygen atoms in total. The summed E-state index contributed by atoms with van der Waals surface area (Å²) in [5, 5.41) is 5.97. The van der Waals surface area contributed by atoms with E-state index in [2.05, 4.69) is 10.6 Å². The summed E-state index contributed by atoms with van der Waals surface area (Å²) in [6.07, 6.45) is 0.875. The summed E-state index contributed by atoms with van der Waals surface area (Å²) in [5.41, 5.74) is 1.22. The van der Waals surface area contributed by atoms with Crippen molar-refractivity contribution in [2.24, 2.45) is 0 Å². The second-order valence-corrected chi connectivity index (χ2v) is 6.55. The third kappa shape index (κ3) is 6.41. The number of anilines is 1. The Morgan fingerprint density at radius 2 is 1.71 bits per heavy atom. The third-order valence-corrected chi connectivity index (χ3v) is 4.47. The fourth-order valence-electron chi connectivity index (χ4n) is 1.90. The van der Waals surface area contributed by atoms with Gasteiger partial charge in [-0.3, -0.25) is 0 Å². The highest BCUT2D eigenvalue weighted by atomic mass is 32.2. The van der Waals surface area contributed by atoms with Gasteiger partial charge in [0.1, 0.15) is 17.5 Å². The van der Waals surface area contributed by atoms with Gasteiger partial charge in [-0.1, -0.05) is 12.1 Å². The summed E-state index contributed by atoms with van der Waals surface area (Å²) in [4.78, 5) is 0. The molecule has 0 saturated carbocycles. The third-order valence-electron chi connectivity index (χ3n) is 3.11. The average molecular weight is 370 g/mol. The lowest BCUT2D eigenvalue weighted by molar-refractivity contribution is 0.586. The van der Waals surface area contributed by atoms with E-state index in [0.29, 0.717) is 11.7 Å². The van der Waals surface area contributed by atoms with Gasteiger partial charge < -0.3 is 10.6 Å². The lowest BCUT2D eigenvalue weighted by atomic mass is 10.2. The molecular weight excluding hydrogens is 353 g/mol. The Bertz CT molecular complexity index is 678. The minimum atomic E-state index is -0.686. The molecule has 2 aromatic rings. The largest absolute Gasteiger partial charge is 0.362 e. The molecule has 0 aromatic heterocycles. The van der Waals surface area contributed by atoms with E-state index in [1.165, 1.54) is 24.3 Å². The molecule has 0 aliphatic carbocycles. The highest BCUT2D eigenvalue weighted by Crippen LogP contribution is 2.15. The lowest BCUT2D eigenvalue weighted by Crippen LogP contribution is -2.29. The van der Waals surface area contributed by atoms with E-state index in [1.807, 2.05) is 0 Å². The molecular formula is C17H17F3N2S2. The molecule has 0 bridgehead atoms. The van der Waals surface area contributed by atoms with Gasteiger partial charge in [0, 0.05) is 18.4 Å². The van der Waals surface area contributed by atoms with Crippen LogP contribution in [0.15, 0.2) is 42.5 Å². The van der Waals surface area contributed by atoms with Crippen LogP contribution in [0, 0.1) is 17.5 Å². The van der Waals surface area contributed by atoms with E-state index >= 15 is 0 Å². The second-order valence-electron chi connectivity index (χ2n) is 5.04. The fourth-order valence-corrected chi connectivity index (χ4v) is 3.04. The van der Waals surface area contributed by atoms with Gasteiger partial charge in [-0.25, -0.2) is 13.2 Å². The quantitative estimate of drug-likeness (QED) is 0.544. The maximum absolute atomic E-state index is 13.5. The van der Waals surface area contributed by atoms with Crippen molar-refractivity contribution in [1.29, 1.82) is 0 Å². The molecule has 2 aromatic carbocycles. The number of rotatable bonds is 7. The summed E-state index contributed by atoms with van der Waals surface area (Å²) in [6.45, 7) is 0.644. The normalized spacial score (nSPS) is 10.5. The maximum Gasteiger partial charge on any atom is 0.170 e. The zero-order valence-electron chi connectivity index (χ0n) is 12.8. The van der Waals surface area contributed by atoms with Gasteiger partial charge in [0.2, 0.25) is 0 Å². The van der Waals surface area contributed by atoms with Gasteiger partial charge in [0.15, 0.2) is 5.11 Å². The van der Waals surface area contributed by atoms with Gasteiger partial charge >= 0.3 is 0 Å². The van der Waals surface area contributed by atoms with Gasteiger partial charge in [0.25, 0.3) is 0 Å². The van der Waals surface area contributed by atoms with Crippen LogP contribution in [0.25, 0.3) is 0 Å². The molecule has 0 unspecified atom stereocenters. The van der Waals surface area contributed by atoms with Crippen molar-refractivity contribution < 1.29 is 13.2 Å². The average Bonchev–Trinajstić information content (AvgIpc) is 2.55. The first-order valence-corrected chi connectivity index (χ1v) is 8.93. The Hall–Kier alpha value is -1.73. The molecule has 128 valence electrons. The molecule has 24 heavy (non-hydrogen) atoms. The van der Waals surface area contributed by atoms with E-state index in [1.54, 1.807) is 23.9 Å². The highest BCUT2D eigenvalue weighted by Gasteiger charge is 2.05. The Morgan fingerprint density at radius 1 is 1.00 bits per heavy atom. The fraction of sp³-hybridized carbons (Fsp3) is 0.235. The second kappa shape index (κ2) is 9.54. The smallest absolute Gasteiger partial charge is 0.170 e. The number of hydrogen-bond acceptors (Lipinski definition) is 2. The number of halogens is 3. The van der Waals surface area contributed by atoms with E-state index in [4.69, 9.17) is 12.2 Å². The predicted octanol–water partition coefficient (Wildman–Crippen LogP) is 4.71. The minimum absolute atomic E-state index is 0.139. The number of thiocarbonyl (C=S) groups is 1. The van der Waals surface area contributed by atoms with Gasteiger partial charge in [-0.15, -0.1) is 0 Å². The summed E-state index contributed by atoms with van der Waals surface area (Å²) in [6, 6.07) is 9.73. The Labute approximate surface area is 148 Å². The van der Waals surface area contributed by atoms with E-state index in [0.717, 1.165) is 29.6 Å². The van der Waals surface area contributed by atoms with Crippen LogP contribution < -0.4 is 10.6 Å². The molecule has 0 aliphatic rings. The van der Waals surface area contributed by atoms with Crippen molar-refractivity contribution in [2.75, 3.05) is 17.6 Å². The molecule has 0 atom stereocenters. The summed E-state index contributed by atoms with van der Waals surface area (Å²) >= 11 is 6.81. The van der Waals surface area contributed by atoms with E-state index in [-0.39, 0.29) is 11.5 Å². The Balaban J connectivity index is 1.60. The van der Waals surface area contributed by atoms with Crippen molar-refractivity contribution in [3.63, 3.8) is 0 Å². The van der Waals surface area contributed by atoms with E-state index in [9.17, 15) is 13.2 Å². The van der Waals surface area contributed by atoms with Crippen molar-refractivity contribution in [1.82, 2.24) is 5.32 Å². The summed E-state index contributed by atoms with van der Waals surface area (Å²) < 4.78 is 39.1. The van der Waals surface area contributed by atoms with Crippen molar-refractivity contribution >= 4 is 34.8 Å². The SMILES string of the molecule is Fc1ccc(CSCCCNC(=S)Nc2ccc(F)cc2F)cc1. The predicted molar refractivity (Wildman–Crippen MR) is 97.8 cm³/mol.